The SMILES string of the molecule is O=C(NCc1cccc(N2CCOC2=O)c1)C1CCCN(C(=O)Cc2ccc(F)cc2)C1. The third kappa shape index (κ3) is 5.25. The summed E-state index contributed by atoms with van der Waals surface area (Å²) < 4.78 is 18.0. The molecule has 1 atom stereocenters. The first-order valence-electron chi connectivity index (χ1n) is 10.8. The van der Waals surface area contributed by atoms with Gasteiger partial charge in [0.1, 0.15) is 12.4 Å². The fourth-order valence-electron chi connectivity index (χ4n) is 4.10. The number of halogens is 1. The smallest absolute Gasteiger partial charge is 0.414 e. The molecule has 4 rings (SSSR count). The van der Waals surface area contributed by atoms with Gasteiger partial charge in [0.25, 0.3) is 0 Å². The third-order valence-electron chi connectivity index (χ3n) is 5.86. The number of likely N-dealkylation sites (tertiary alicyclic amines) is 1. The van der Waals surface area contributed by atoms with Gasteiger partial charge in [-0.2, -0.15) is 0 Å². The van der Waals surface area contributed by atoms with Crippen molar-refractivity contribution in [3.63, 3.8) is 0 Å². The molecule has 2 saturated heterocycles. The van der Waals surface area contributed by atoms with Gasteiger partial charge in [0.2, 0.25) is 11.8 Å². The molecule has 1 N–H and O–H groups in total. The Hall–Kier alpha value is -3.42. The molecular weight excluding hydrogens is 413 g/mol. The van der Waals surface area contributed by atoms with Crippen LogP contribution in [-0.2, 0) is 27.3 Å². The minimum atomic E-state index is -0.362. The van der Waals surface area contributed by atoms with Crippen LogP contribution in [0.5, 0.6) is 0 Å². The van der Waals surface area contributed by atoms with E-state index in [2.05, 4.69) is 5.32 Å². The van der Waals surface area contributed by atoms with E-state index >= 15 is 0 Å². The van der Waals surface area contributed by atoms with Crippen LogP contribution in [0.25, 0.3) is 0 Å². The van der Waals surface area contributed by atoms with Gasteiger partial charge in [0.15, 0.2) is 0 Å². The molecular formula is C24H26FN3O4. The quantitative estimate of drug-likeness (QED) is 0.751. The Balaban J connectivity index is 1.30. The molecule has 0 bridgehead atoms. The van der Waals surface area contributed by atoms with Crippen molar-refractivity contribution in [2.75, 3.05) is 31.1 Å². The van der Waals surface area contributed by atoms with Crippen LogP contribution >= 0.6 is 0 Å². The number of amides is 3. The molecule has 32 heavy (non-hydrogen) atoms. The van der Waals surface area contributed by atoms with Gasteiger partial charge in [-0.3, -0.25) is 14.5 Å². The number of carbonyl (C=O) groups excluding carboxylic acids is 3. The van der Waals surface area contributed by atoms with Crippen LogP contribution in [-0.4, -0.2) is 49.0 Å². The van der Waals surface area contributed by atoms with E-state index in [4.69, 9.17) is 4.74 Å². The number of ether oxygens (including phenoxy) is 1. The Kier molecular flexibility index (Phi) is 6.68. The Morgan fingerprint density at radius 3 is 2.66 bits per heavy atom. The lowest BCUT2D eigenvalue weighted by molar-refractivity contribution is -0.135. The van der Waals surface area contributed by atoms with Crippen LogP contribution in [0.15, 0.2) is 48.5 Å². The zero-order valence-electron chi connectivity index (χ0n) is 17.8. The molecule has 0 saturated carbocycles. The maximum absolute atomic E-state index is 13.1. The van der Waals surface area contributed by atoms with E-state index in [1.807, 2.05) is 24.3 Å². The van der Waals surface area contributed by atoms with Crippen molar-refractivity contribution >= 4 is 23.6 Å². The second-order valence-corrected chi connectivity index (χ2v) is 8.14. The van der Waals surface area contributed by atoms with Gasteiger partial charge in [-0.25, -0.2) is 9.18 Å². The molecule has 2 aliphatic heterocycles. The molecule has 2 fully saturated rings. The van der Waals surface area contributed by atoms with Crippen molar-refractivity contribution in [1.82, 2.24) is 10.2 Å². The van der Waals surface area contributed by atoms with Gasteiger partial charge < -0.3 is 15.0 Å². The first kappa shape index (κ1) is 21.8. The molecule has 2 heterocycles. The van der Waals surface area contributed by atoms with Gasteiger partial charge in [0.05, 0.1) is 18.9 Å². The Morgan fingerprint density at radius 2 is 1.91 bits per heavy atom. The second kappa shape index (κ2) is 9.80. The summed E-state index contributed by atoms with van der Waals surface area (Å²) in [7, 11) is 0. The lowest BCUT2D eigenvalue weighted by Gasteiger charge is -2.32. The van der Waals surface area contributed by atoms with Gasteiger partial charge in [0, 0.05) is 25.3 Å². The maximum atomic E-state index is 13.1. The summed E-state index contributed by atoms with van der Waals surface area (Å²) in [5.74, 6) is -0.742. The van der Waals surface area contributed by atoms with Gasteiger partial charge in [-0.05, 0) is 48.2 Å². The molecule has 7 nitrogen and oxygen atoms in total. The van der Waals surface area contributed by atoms with E-state index in [1.165, 1.54) is 12.1 Å². The largest absolute Gasteiger partial charge is 0.447 e. The third-order valence-corrected chi connectivity index (χ3v) is 5.86. The Labute approximate surface area is 186 Å². The van der Waals surface area contributed by atoms with Crippen molar-refractivity contribution in [3.8, 4) is 0 Å². The highest BCUT2D eigenvalue weighted by Gasteiger charge is 2.28. The summed E-state index contributed by atoms with van der Waals surface area (Å²) in [6.07, 6.45) is 1.32. The van der Waals surface area contributed by atoms with Crippen molar-refractivity contribution < 1.29 is 23.5 Å². The zero-order valence-corrected chi connectivity index (χ0v) is 17.8. The van der Waals surface area contributed by atoms with E-state index in [0.29, 0.717) is 32.8 Å². The lowest BCUT2D eigenvalue weighted by atomic mass is 9.96. The van der Waals surface area contributed by atoms with Gasteiger partial charge >= 0.3 is 6.09 Å². The van der Waals surface area contributed by atoms with Crippen molar-refractivity contribution in [3.05, 3.63) is 65.5 Å². The molecule has 2 aromatic rings. The average Bonchev–Trinajstić information content (AvgIpc) is 3.25. The Bertz CT molecular complexity index is 995. The molecule has 3 amide bonds. The molecule has 2 aliphatic rings. The Morgan fingerprint density at radius 1 is 1.09 bits per heavy atom. The highest BCUT2D eigenvalue weighted by Crippen LogP contribution is 2.21. The number of cyclic esters (lactones) is 1. The zero-order chi connectivity index (χ0) is 22.5. The predicted octanol–water partition coefficient (Wildman–Crippen LogP) is 2.88. The van der Waals surface area contributed by atoms with Gasteiger partial charge in [-0.1, -0.05) is 24.3 Å². The van der Waals surface area contributed by atoms with E-state index in [9.17, 15) is 18.8 Å². The normalized spacial score (nSPS) is 18.4. The minimum absolute atomic E-state index is 0.0562. The summed E-state index contributed by atoms with van der Waals surface area (Å²) in [4.78, 5) is 40.4. The highest BCUT2D eigenvalue weighted by atomic mass is 19.1. The number of hydrogen-bond donors (Lipinski definition) is 1. The second-order valence-electron chi connectivity index (χ2n) is 8.14. The summed E-state index contributed by atoms with van der Waals surface area (Å²) in [6, 6.07) is 13.3. The molecule has 0 spiro atoms. The molecule has 0 radical (unpaired) electrons. The summed E-state index contributed by atoms with van der Waals surface area (Å²) >= 11 is 0. The monoisotopic (exact) mass is 439 g/mol. The van der Waals surface area contributed by atoms with Crippen LogP contribution in [0.4, 0.5) is 14.9 Å². The predicted molar refractivity (Wildman–Crippen MR) is 116 cm³/mol. The number of nitrogens with one attached hydrogen (secondary N) is 1. The number of benzene rings is 2. The van der Waals surface area contributed by atoms with Gasteiger partial charge in [-0.15, -0.1) is 0 Å². The number of rotatable bonds is 6. The summed E-state index contributed by atoms with van der Waals surface area (Å²) in [6.45, 7) is 2.23. The van der Waals surface area contributed by atoms with Crippen molar-refractivity contribution in [2.24, 2.45) is 5.92 Å². The lowest BCUT2D eigenvalue weighted by Crippen LogP contribution is -2.45. The fraction of sp³-hybridized carbons (Fsp3) is 0.375. The highest BCUT2D eigenvalue weighted by molar-refractivity contribution is 5.89. The first-order chi connectivity index (χ1) is 15.5. The summed E-state index contributed by atoms with van der Waals surface area (Å²) in [5.41, 5.74) is 2.38. The fourth-order valence-corrected chi connectivity index (χ4v) is 4.10. The van der Waals surface area contributed by atoms with E-state index < -0.39 is 0 Å². The van der Waals surface area contributed by atoms with Crippen LogP contribution < -0.4 is 10.2 Å². The number of nitrogens with zero attached hydrogens (tertiary/aromatic N) is 2. The molecule has 8 heteroatoms. The van der Waals surface area contributed by atoms with Crippen LogP contribution in [0.1, 0.15) is 24.0 Å². The molecule has 0 aromatic heterocycles. The van der Waals surface area contributed by atoms with Crippen LogP contribution in [0.3, 0.4) is 0 Å². The number of carbonyl (C=O) groups is 3. The van der Waals surface area contributed by atoms with E-state index in [0.717, 1.165) is 29.7 Å². The molecule has 1 unspecified atom stereocenters. The van der Waals surface area contributed by atoms with E-state index in [1.54, 1.807) is 21.9 Å². The minimum Gasteiger partial charge on any atom is -0.447 e. The number of piperidine rings is 1. The topological polar surface area (TPSA) is 79.0 Å². The van der Waals surface area contributed by atoms with E-state index in [-0.39, 0.29) is 36.1 Å². The van der Waals surface area contributed by atoms with Crippen LogP contribution in [0.2, 0.25) is 0 Å². The molecule has 0 aliphatic carbocycles. The number of anilines is 1. The molecule has 168 valence electrons. The van der Waals surface area contributed by atoms with Crippen molar-refractivity contribution in [2.45, 2.75) is 25.8 Å². The number of hydrogen-bond acceptors (Lipinski definition) is 4. The molecule has 2 aromatic carbocycles. The van der Waals surface area contributed by atoms with Crippen molar-refractivity contribution in [1.29, 1.82) is 0 Å². The average molecular weight is 439 g/mol. The van der Waals surface area contributed by atoms with Crippen LogP contribution in [0, 0.1) is 11.7 Å². The summed E-state index contributed by atoms with van der Waals surface area (Å²) in [5, 5.41) is 2.96. The standard InChI is InChI=1S/C24H26FN3O4/c25-20-8-6-17(7-9-20)14-22(29)27-10-2-4-19(16-27)23(30)26-15-18-3-1-5-21(13-18)28-11-12-32-24(28)31/h1,3,5-9,13,19H,2,4,10-12,14-16H2,(H,26,30). The first-order valence-corrected chi connectivity index (χ1v) is 10.8. The maximum Gasteiger partial charge on any atom is 0.414 e.